The molecule has 1 fully saturated rings. The second-order valence-electron chi connectivity index (χ2n) is 7.37. The molecule has 4 rings (SSSR count). The van der Waals surface area contributed by atoms with Gasteiger partial charge in [-0.2, -0.15) is 0 Å². The van der Waals surface area contributed by atoms with Crippen molar-refractivity contribution in [3.05, 3.63) is 59.1 Å². The van der Waals surface area contributed by atoms with Gasteiger partial charge < -0.3 is 10.1 Å². The van der Waals surface area contributed by atoms with Gasteiger partial charge in [-0.1, -0.05) is 54.8 Å². The number of halogens is 1. The summed E-state index contributed by atoms with van der Waals surface area (Å²) in [5, 5.41) is 3.40. The lowest BCUT2D eigenvalue weighted by atomic mass is 9.90. The highest BCUT2D eigenvalue weighted by molar-refractivity contribution is 6.31. The Morgan fingerprint density at radius 3 is 2.52 bits per heavy atom. The first kappa shape index (κ1) is 19.5. The molecule has 0 radical (unpaired) electrons. The molecular formula is C22H21ClN2O4. The molecule has 2 aromatic carbocycles. The molecule has 2 amide bonds. The smallest absolute Gasteiger partial charge is 0.310 e. The first-order valence-electron chi connectivity index (χ1n) is 9.64. The number of anilines is 2. The van der Waals surface area contributed by atoms with Crippen molar-refractivity contribution in [1.29, 1.82) is 0 Å². The number of nitrogens with one attached hydrogen (secondary N) is 1. The molecule has 1 heterocycles. The normalized spacial score (nSPS) is 17.0. The van der Waals surface area contributed by atoms with Gasteiger partial charge in [-0.3, -0.25) is 19.3 Å². The number of esters is 1. The van der Waals surface area contributed by atoms with E-state index in [1.54, 1.807) is 42.5 Å². The number of carbonyl (C=O) groups excluding carboxylic acids is 3. The van der Waals surface area contributed by atoms with Gasteiger partial charge in [0, 0.05) is 5.02 Å². The maximum Gasteiger partial charge on any atom is 0.310 e. The zero-order valence-electron chi connectivity index (χ0n) is 15.8. The van der Waals surface area contributed by atoms with Gasteiger partial charge in [-0.15, -0.1) is 0 Å². The number of rotatable bonds is 4. The maximum absolute atomic E-state index is 13.1. The number of hydrogen-bond acceptors (Lipinski definition) is 4. The third-order valence-corrected chi connectivity index (χ3v) is 5.94. The van der Waals surface area contributed by atoms with Crippen LogP contribution in [0.5, 0.6) is 0 Å². The monoisotopic (exact) mass is 412 g/mol. The Morgan fingerprint density at radius 1 is 1.07 bits per heavy atom. The number of hydrogen-bond donors (Lipinski definition) is 1. The zero-order valence-corrected chi connectivity index (χ0v) is 16.6. The summed E-state index contributed by atoms with van der Waals surface area (Å²) in [7, 11) is 0. The number of para-hydroxylation sites is 2. The number of ether oxygens (including phenoxy) is 1. The van der Waals surface area contributed by atoms with E-state index >= 15 is 0 Å². The van der Waals surface area contributed by atoms with Crippen LogP contribution in [-0.2, 0) is 25.5 Å². The van der Waals surface area contributed by atoms with E-state index in [4.69, 9.17) is 16.3 Å². The molecule has 0 unspecified atom stereocenters. The number of carbonyl (C=O) groups is 3. The van der Waals surface area contributed by atoms with Gasteiger partial charge >= 0.3 is 5.97 Å². The number of benzene rings is 2. The molecule has 0 atom stereocenters. The minimum absolute atomic E-state index is 0.0187. The van der Waals surface area contributed by atoms with Crippen LogP contribution in [0.2, 0.25) is 5.02 Å². The highest BCUT2D eigenvalue weighted by Crippen LogP contribution is 2.45. The largest absolute Gasteiger partial charge is 0.455 e. The summed E-state index contributed by atoms with van der Waals surface area (Å²) in [6.45, 7) is -0.424. The lowest BCUT2D eigenvalue weighted by Gasteiger charge is -2.44. The standard InChI is InChI=1S/C22H21ClN2O4/c23-16-8-2-1-7-15(16)13-20(27)29-14-19(26)25-18-10-4-3-9-17(18)24-21(28)22(25)11-5-6-12-22/h1-4,7-10H,5-6,11-14H2,(H,24,28). The Morgan fingerprint density at radius 2 is 1.76 bits per heavy atom. The molecule has 2 aliphatic rings. The first-order chi connectivity index (χ1) is 14.0. The molecule has 1 spiro atoms. The van der Waals surface area contributed by atoms with Gasteiger partial charge in [0.25, 0.3) is 11.8 Å². The lowest BCUT2D eigenvalue weighted by Crippen LogP contribution is -2.61. The van der Waals surface area contributed by atoms with Crippen LogP contribution in [0.1, 0.15) is 31.2 Å². The fourth-order valence-corrected chi connectivity index (χ4v) is 4.39. The van der Waals surface area contributed by atoms with Crippen LogP contribution in [0.4, 0.5) is 11.4 Å². The average molecular weight is 413 g/mol. The molecular weight excluding hydrogens is 392 g/mol. The van der Waals surface area contributed by atoms with Crippen LogP contribution in [0.15, 0.2) is 48.5 Å². The van der Waals surface area contributed by atoms with Crippen LogP contribution in [0, 0.1) is 0 Å². The van der Waals surface area contributed by atoms with E-state index in [2.05, 4.69) is 5.32 Å². The lowest BCUT2D eigenvalue weighted by molar-refractivity contribution is -0.147. The van der Waals surface area contributed by atoms with Crippen molar-refractivity contribution in [2.75, 3.05) is 16.8 Å². The van der Waals surface area contributed by atoms with E-state index in [0.29, 0.717) is 34.8 Å². The average Bonchev–Trinajstić information content (AvgIpc) is 3.19. The van der Waals surface area contributed by atoms with Gasteiger partial charge in [0.15, 0.2) is 6.61 Å². The van der Waals surface area contributed by atoms with E-state index in [1.165, 1.54) is 4.90 Å². The molecule has 0 saturated heterocycles. The minimum atomic E-state index is -0.916. The van der Waals surface area contributed by atoms with Crippen LogP contribution in [0.25, 0.3) is 0 Å². The second kappa shape index (κ2) is 7.87. The quantitative estimate of drug-likeness (QED) is 0.776. The van der Waals surface area contributed by atoms with Crippen LogP contribution < -0.4 is 10.2 Å². The molecule has 1 aliphatic heterocycles. The second-order valence-corrected chi connectivity index (χ2v) is 7.78. The molecule has 1 aliphatic carbocycles. The van der Waals surface area contributed by atoms with Crippen molar-refractivity contribution >= 4 is 40.8 Å². The van der Waals surface area contributed by atoms with Gasteiger partial charge in [0.1, 0.15) is 5.54 Å². The summed E-state index contributed by atoms with van der Waals surface area (Å²) in [5.41, 5.74) is 0.953. The SMILES string of the molecule is O=C(Cc1ccccc1Cl)OCC(=O)N1c2ccccc2NC(=O)C12CCCC2. The summed E-state index contributed by atoms with van der Waals surface area (Å²) >= 11 is 6.08. The molecule has 7 heteroatoms. The summed E-state index contributed by atoms with van der Waals surface area (Å²) in [4.78, 5) is 39.8. The minimum Gasteiger partial charge on any atom is -0.455 e. The molecule has 150 valence electrons. The molecule has 2 aromatic rings. The van der Waals surface area contributed by atoms with E-state index in [1.807, 2.05) is 6.07 Å². The molecule has 0 aromatic heterocycles. The number of nitrogens with zero attached hydrogens (tertiary/aromatic N) is 1. The highest BCUT2D eigenvalue weighted by atomic mass is 35.5. The van der Waals surface area contributed by atoms with Crippen LogP contribution in [-0.4, -0.2) is 29.9 Å². The van der Waals surface area contributed by atoms with Crippen LogP contribution in [0.3, 0.4) is 0 Å². The summed E-state index contributed by atoms with van der Waals surface area (Å²) < 4.78 is 5.25. The number of fused-ring (bicyclic) bond motifs is 1. The van der Waals surface area contributed by atoms with Gasteiger partial charge in [-0.25, -0.2) is 0 Å². The Kier molecular flexibility index (Phi) is 5.28. The van der Waals surface area contributed by atoms with Crippen molar-refractivity contribution in [2.24, 2.45) is 0 Å². The maximum atomic E-state index is 13.1. The Bertz CT molecular complexity index is 969. The van der Waals surface area contributed by atoms with Crippen molar-refractivity contribution in [1.82, 2.24) is 0 Å². The predicted molar refractivity (Wildman–Crippen MR) is 110 cm³/mol. The fraction of sp³-hybridized carbons (Fsp3) is 0.318. The summed E-state index contributed by atoms with van der Waals surface area (Å²) in [6.07, 6.45) is 2.89. The fourth-order valence-electron chi connectivity index (χ4n) is 4.18. The first-order valence-corrected chi connectivity index (χ1v) is 10.0. The molecule has 1 N–H and O–H groups in total. The predicted octanol–water partition coefficient (Wildman–Crippen LogP) is 3.72. The Balaban J connectivity index is 1.52. The van der Waals surface area contributed by atoms with E-state index < -0.39 is 24.0 Å². The highest BCUT2D eigenvalue weighted by Gasteiger charge is 2.52. The van der Waals surface area contributed by atoms with Crippen LogP contribution >= 0.6 is 11.6 Å². The van der Waals surface area contributed by atoms with E-state index in [0.717, 1.165) is 12.8 Å². The van der Waals surface area contributed by atoms with Crippen molar-refractivity contribution < 1.29 is 19.1 Å². The Labute approximate surface area is 173 Å². The van der Waals surface area contributed by atoms with Gasteiger partial charge in [0.05, 0.1) is 17.8 Å². The zero-order chi connectivity index (χ0) is 20.4. The molecule has 6 nitrogen and oxygen atoms in total. The van der Waals surface area contributed by atoms with Crippen molar-refractivity contribution in [3.8, 4) is 0 Å². The van der Waals surface area contributed by atoms with Crippen molar-refractivity contribution in [2.45, 2.75) is 37.6 Å². The topological polar surface area (TPSA) is 75.7 Å². The third-order valence-electron chi connectivity index (χ3n) is 5.57. The third kappa shape index (κ3) is 3.60. The summed E-state index contributed by atoms with van der Waals surface area (Å²) in [6, 6.07) is 14.2. The van der Waals surface area contributed by atoms with Gasteiger partial charge in [0.2, 0.25) is 0 Å². The van der Waals surface area contributed by atoms with Gasteiger partial charge in [-0.05, 0) is 36.6 Å². The molecule has 29 heavy (non-hydrogen) atoms. The molecule has 1 saturated carbocycles. The Hall–Kier alpha value is -2.86. The molecule has 0 bridgehead atoms. The number of amides is 2. The van der Waals surface area contributed by atoms with Crippen molar-refractivity contribution in [3.63, 3.8) is 0 Å². The summed E-state index contributed by atoms with van der Waals surface area (Å²) in [5.74, 6) is -1.12. The van der Waals surface area contributed by atoms with E-state index in [-0.39, 0.29) is 12.3 Å². The van der Waals surface area contributed by atoms with E-state index in [9.17, 15) is 14.4 Å².